The number of aliphatic hydroxyl groups excluding tert-OH is 1. The second-order valence-electron chi connectivity index (χ2n) is 5.56. The van der Waals surface area contributed by atoms with Crippen LogP contribution >= 0.6 is 0 Å². The molecule has 0 unspecified atom stereocenters. The molecule has 1 N–H and O–H groups in total. The topological polar surface area (TPSA) is 38.7 Å². The van der Waals surface area contributed by atoms with Gasteiger partial charge in [0.05, 0.1) is 13.2 Å². The van der Waals surface area contributed by atoms with Gasteiger partial charge in [0.25, 0.3) is 0 Å². The van der Waals surface area contributed by atoms with Crippen LogP contribution in [-0.2, 0) is 16.1 Å². The Kier molecular flexibility index (Phi) is 5.81. The number of benzene rings is 2. The van der Waals surface area contributed by atoms with Crippen LogP contribution in [0, 0.1) is 11.8 Å². The zero-order chi connectivity index (χ0) is 16.6. The van der Waals surface area contributed by atoms with Crippen molar-refractivity contribution in [3.8, 4) is 11.8 Å². The minimum absolute atomic E-state index is 0.104. The van der Waals surface area contributed by atoms with Crippen LogP contribution in [0.2, 0.25) is 0 Å². The van der Waals surface area contributed by atoms with Crippen molar-refractivity contribution in [3.05, 3.63) is 83.9 Å². The van der Waals surface area contributed by atoms with Crippen molar-refractivity contribution in [1.82, 2.24) is 0 Å². The van der Waals surface area contributed by atoms with Gasteiger partial charge in [-0.25, -0.2) is 0 Å². The van der Waals surface area contributed by atoms with E-state index in [4.69, 9.17) is 9.47 Å². The maximum atomic E-state index is 9.57. The van der Waals surface area contributed by atoms with Gasteiger partial charge in [0, 0.05) is 5.56 Å². The van der Waals surface area contributed by atoms with Gasteiger partial charge in [-0.1, -0.05) is 66.4 Å². The number of hydrogen-bond acceptors (Lipinski definition) is 3. The minimum atomic E-state index is -0.409. The first-order valence-corrected chi connectivity index (χ1v) is 8.02. The van der Waals surface area contributed by atoms with Crippen LogP contribution in [-0.4, -0.2) is 30.0 Å². The highest BCUT2D eigenvalue weighted by Crippen LogP contribution is 2.17. The lowest BCUT2D eigenvalue weighted by atomic mass is 10.1. The van der Waals surface area contributed by atoms with E-state index >= 15 is 0 Å². The van der Waals surface area contributed by atoms with Crippen molar-refractivity contribution in [2.45, 2.75) is 24.9 Å². The van der Waals surface area contributed by atoms with Gasteiger partial charge in [0.1, 0.15) is 18.3 Å². The molecule has 122 valence electrons. The molecule has 3 atom stereocenters. The summed E-state index contributed by atoms with van der Waals surface area (Å²) in [7, 11) is 0. The molecule has 0 amide bonds. The molecule has 3 rings (SSSR count). The Bertz CT molecular complexity index is 713. The lowest BCUT2D eigenvalue weighted by Gasteiger charge is -2.29. The summed E-state index contributed by atoms with van der Waals surface area (Å²) in [6, 6.07) is 19.7. The first kappa shape index (κ1) is 16.5. The molecule has 2 aromatic rings. The summed E-state index contributed by atoms with van der Waals surface area (Å²) in [5.41, 5.74) is 2.03. The highest BCUT2D eigenvalue weighted by Gasteiger charge is 2.26. The van der Waals surface area contributed by atoms with Gasteiger partial charge >= 0.3 is 0 Å². The molecule has 24 heavy (non-hydrogen) atoms. The van der Waals surface area contributed by atoms with Crippen LogP contribution in [0.5, 0.6) is 0 Å². The average Bonchev–Trinajstić information content (AvgIpc) is 2.66. The fourth-order valence-corrected chi connectivity index (χ4v) is 2.48. The first-order chi connectivity index (χ1) is 11.8. The SMILES string of the molecule is OC[C@H]1O[C@H](C#Cc2ccccc2)C=C[C@H]1OCc1ccccc1. The van der Waals surface area contributed by atoms with Gasteiger partial charge < -0.3 is 14.6 Å². The van der Waals surface area contributed by atoms with Crippen molar-refractivity contribution in [3.63, 3.8) is 0 Å². The van der Waals surface area contributed by atoms with E-state index in [9.17, 15) is 5.11 Å². The predicted molar refractivity (Wildman–Crippen MR) is 93.2 cm³/mol. The normalized spacial score (nSPS) is 22.6. The molecular weight excluding hydrogens is 300 g/mol. The standard InChI is InChI=1S/C21H20O3/c22-15-21-20(23-16-18-9-5-2-6-10-18)14-13-19(24-21)12-11-17-7-3-1-4-8-17/h1-10,13-14,19-22H,15-16H2/t19-,20-,21-/m1/s1. The summed E-state index contributed by atoms with van der Waals surface area (Å²) < 4.78 is 11.7. The molecule has 1 heterocycles. The minimum Gasteiger partial charge on any atom is -0.394 e. The Hall–Kier alpha value is -2.38. The van der Waals surface area contributed by atoms with Gasteiger partial charge in [-0.3, -0.25) is 0 Å². The van der Waals surface area contributed by atoms with E-state index in [1.54, 1.807) is 0 Å². The average molecular weight is 320 g/mol. The molecule has 0 radical (unpaired) electrons. The van der Waals surface area contributed by atoms with E-state index in [2.05, 4.69) is 11.8 Å². The van der Waals surface area contributed by atoms with E-state index in [-0.39, 0.29) is 18.8 Å². The molecule has 0 saturated heterocycles. The summed E-state index contributed by atoms with van der Waals surface area (Å²) in [5.74, 6) is 6.15. The van der Waals surface area contributed by atoms with Crippen LogP contribution in [0.4, 0.5) is 0 Å². The van der Waals surface area contributed by atoms with Gasteiger partial charge in [-0.05, 0) is 23.8 Å². The van der Waals surface area contributed by atoms with Gasteiger partial charge in [0.2, 0.25) is 0 Å². The molecule has 0 fully saturated rings. The number of hydrogen-bond donors (Lipinski definition) is 1. The molecule has 0 spiro atoms. The number of ether oxygens (including phenoxy) is 2. The van der Waals surface area contributed by atoms with Crippen molar-refractivity contribution in [2.24, 2.45) is 0 Å². The molecule has 0 bridgehead atoms. The molecular formula is C21H20O3. The van der Waals surface area contributed by atoms with E-state index < -0.39 is 6.10 Å². The van der Waals surface area contributed by atoms with Gasteiger partial charge in [0.15, 0.2) is 0 Å². The van der Waals surface area contributed by atoms with Crippen molar-refractivity contribution in [1.29, 1.82) is 0 Å². The summed E-state index contributed by atoms with van der Waals surface area (Å²) >= 11 is 0. The van der Waals surface area contributed by atoms with Crippen LogP contribution in [0.1, 0.15) is 11.1 Å². The Morgan fingerprint density at radius 1 is 0.958 bits per heavy atom. The highest BCUT2D eigenvalue weighted by atomic mass is 16.6. The lowest BCUT2D eigenvalue weighted by Crippen LogP contribution is -2.39. The number of rotatable bonds is 4. The van der Waals surface area contributed by atoms with E-state index in [1.807, 2.05) is 72.8 Å². The van der Waals surface area contributed by atoms with Crippen molar-refractivity contribution >= 4 is 0 Å². The van der Waals surface area contributed by atoms with Crippen LogP contribution < -0.4 is 0 Å². The zero-order valence-corrected chi connectivity index (χ0v) is 13.3. The lowest BCUT2D eigenvalue weighted by molar-refractivity contribution is -0.0931. The second kappa shape index (κ2) is 8.47. The molecule has 3 heteroatoms. The monoisotopic (exact) mass is 320 g/mol. The Labute approximate surface area is 142 Å². The van der Waals surface area contributed by atoms with Crippen LogP contribution in [0.15, 0.2) is 72.8 Å². The Morgan fingerprint density at radius 3 is 2.38 bits per heavy atom. The van der Waals surface area contributed by atoms with Gasteiger partial charge in [-0.15, -0.1) is 0 Å². The third-order valence-corrected chi connectivity index (χ3v) is 3.76. The first-order valence-electron chi connectivity index (χ1n) is 8.02. The third kappa shape index (κ3) is 4.56. The molecule has 2 aromatic carbocycles. The van der Waals surface area contributed by atoms with Crippen molar-refractivity contribution < 1.29 is 14.6 Å². The number of aliphatic hydroxyl groups is 1. The molecule has 0 aromatic heterocycles. The summed E-state index contributed by atoms with van der Waals surface area (Å²) in [4.78, 5) is 0. The Morgan fingerprint density at radius 2 is 1.67 bits per heavy atom. The molecule has 3 nitrogen and oxygen atoms in total. The summed E-state index contributed by atoms with van der Waals surface area (Å²) in [5, 5.41) is 9.57. The zero-order valence-electron chi connectivity index (χ0n) is 13.3. The maximum Gasteiger partial charge on any atom is 0.137 e. The van der Waals surface area contributed by atoms with Gasteiger partial charge in [-0.2, -0.15) is 0 Å². The molecule has 0 saturated carbocycles. The Balaban J connectivity index is 1.61. The largest absolute Gasteiger partial charge is 0.394 e. The van der Waals surface area contributed by atoms with Crippen LogP contribution in [0.3, 0.4) is 0 Å². The molecule has 0 aliphatic carbocycles. The second-order valence-corrected chi connectivity index (χ2v) is 5.56. The quantitative estimate of drug-likeness (QED) is 0.695. The highest BCUT2D eigenvalue weighted by molar-refractivity contribution is 5.35. The fraction of sp³-hybridized carbons (Fsp3) is 0.238. The molecule has 1 aliphatic heterocycles. The maximum absolute atomic E-state index is 9.57. The predicted octanol–water partition coefficient (Wildman–Crippen LogP) is 2.94. The fourth-order valence-electron chi connectivity index (χ4n) is 2.48. The van der Waals surface area contributed by atoms with E-state index in [1.165, 1.54) is 0 Å². The summed E-state index contributed by atoms with van der Waals surface area (Å²) in [6.07, 6.45) is 2.80. The smallest absolute Gasteiger partial charge is 0.137 e. The summed E-state index contributed by atoms with van der Waals surface area (Å²) in [6.45, 7) is 0.378. The van der Waals surface area contributed by atoms with E-state index in [0.717, 1.165) is 11.1 Å². The van der Waals surface area contributed by atoms with Crippen molar-refractivity contribution in [2.75, 3.05) is 6.61 Å². The third-order valence-electron chi connectivity index (χ3n) is 3.76. The van der Waals surface area contributed by atoms with E-state index in [0.29, 0.717) is 6.61 Å². The molecule has 1 aliphatic rings. The van der Waals surface area contributed by atoms with Crippen LogP contribution in [0.25, 0.3) is 0 Å².